The Hall–Kier alpha value is -0.910. The number of hydrogen-bond donors (Lipinski definition) is 1. The van der Waals surface area contributed by atoms with Crippen molar-refractivity contribution in [1.29, 1.82) is 0 Å². The first-order chi connectivity index (χ1) is 8.24. The maximum atomic E-state index is 11.6. The highest BCUT2D eigenvalue weighted by atomic mass is 32.1. The maximum absolute atomic E-state index is 11.6. The number of methoxy groups -OCH3 is 1. The number of carbonyl (C=O) groups excluding carboxylic acids is 1. The maximum Gasteiger partial charge on any atom is 0.222 e. The molecule has 1 amide bonds. The second-order valence-electron chi connectivity index (χ2n) is 3.66. The van der Waals surface area contributed by atoms with Gasteiger partial charge in [0.15, 0.2) is 0 Å². The third-order valence-electron chi connectivity index (χ3n) is 2.25. The van der Waals surface area contributed by atoms with Gasteiger partial charge in [-0.15, -0.1) is 11.3 Å². The third kappa shape index (κ3) is 5.81. The van der Waals surface area contributed by atoms with Gasteiger partial charge in [-0.2, -0.15) is 0 Å². The van der Waals surface area contributed by atoms with Crippen LogP contribution in [0, 0.1) is 0 Å². The Labute approximate surface area is 106 Å². The van der Waals surface area contributed by atoms with Gasteiger partial charge in [-0.25, -0.2) is 0 Å². The van der Waals surface area contributed by atoms with Crippen molar-refractivity contribution >= 4 is 17.2 Å². The highest BCUT2D eigenvalue weighted by molar-refractivity contribution is 7.10. The molecule has 4 nitrogen and oxygen atoms in total. The zero-order valence-electron chi connectivity index (χ0n) is 10.3. The molecule has 1 unspecified atom stereocenters. The number of rotatable bonds is 8. The van der Waals surface area contributed by atoms with E-state index in [1.807, 2.05) is 24.4 Å². The minimum atomic E-state index is 0.0170. The lowest BCUT2D eigenvalue weighted by molar-refractivity contribution is -0.122. The van der Waals surface area contributed by atoms with Crippen molar-refractivity contribution in [2.75, 3.05) is 26.9 Å². The summed E-state index contributed by atoms with van der Waals surface area (Å²) in [6, 6.07) is 4.07. The average Bonchev–Trinajstić information content (AvgIpc) is 2.82. The van der Waals surface area contributed by atoms with Crippen LogP contribution in [0.1, 0.15) is 24.3 Å². The van der Waals surface area contributed by atoms with Crippen LogP contribution in [0.3, 0.4) is 0 Å². The summed E-state index contributed by atoms with van der Waals surface area (Å²) >= 11 is 1.65. The van der Waals surface area contributed by atoms with Crippen LogP contribution in [-0.4, -0.2) is 32.8 Å². The summed E-state index contributed by atoms with van der Waals surface area (Å²) in [6.45, 7) is 3.51. The molecule has 0 aliphatic rings. The average molecular weight is 257 g/mol. The molecule has 1 aromatic heterocycles. The number of amides is 1. The zero-order chi connectivity index (χ0) is 12.5. The highest BCUT2D eigenvalue weighted by Gasteiger charge is 2.09. The van der Waals surface area contributed by atoms with Crippen LogP contribution >= 0.6 is 11.3 Å². The molecular formula is C12H19NO3S. The first-order valence-corrected chi connectivity index (χ1v) is 6.51. The van der Waals surface area contributed by atoms with Gasteiger partial charge in [0.25, 0.3) is 0 Å². The number of hydrogen-bond acceptors (Lipinski definition) is 4. The molecule has 0 aromatic carbocycles. The largest absolute Gasteiger partial charge is 0.382 e. The summed E-state index contributed by atoms with van der Waals surface area (Å²) < 4.78 is 10.1. The van der Waals surface area contributed by atoms with Gasteiger partial charge in [-0.1, -0.05) is 6.07 Å². The second kappa shape index (κ2) is 8.22. The first-order valence-electron chi connectivity index (χ1n) is 5.63. The molecule has 0 spiro atoms. The topological polar surface area (TPSA) is 47.6 Å². The minimum absolute atomic E-state index is 0.0170. The quantitative estimate of drug-likeness (QED) is 0.724. The van der Waals surface area contributed by atoms with Crippen LogP contribution in [0.4, 0.5) is 0 Å². The summed E-state index contributed by atoms with van der Waals surface area (Å²) in [5, 5.41) is 4.94. The van der Waals surface area contributed by atoms with E-state index in [1.165, 1.54) is 4.88 Å². The Balaban J connectivity index is 2.12. The van der Waals surface area contributed by atoms with Crippen LogP contribution in [-0.2, 0) is 14.3 Å². The van der Waals surface area contributed by atoms with Crippen molar-refractivity contribution in [1.82, 2.24) is 5.32 Å². The van der Waals surface area contributed by atoms with E-state index in [-0.39, 0.29) is 11.9 Å². The standard InChI is InChI=1S/C12H19NO3S/c1-10(11-4-3-9-17-11)13-12(14)5-6-16-8-7-15-2/h3-4,9-10H,5-8H2,1-2H3,(H,13,14). The van der Waals surface area contributed by atoms with Crippen molar-refractivity contribution in [3.63, 3.8) is 0 Å². The van der Waals surface area contributed by atoms with E-state index in [2.05, 4.69) is 5.32 Å². The zero-order valence-corrected chi connectivity index (χ0v) is 11.1. The molecule has 96 valence electrons. The predicted octanol–water partition coefficient (Wildman–Crippen LogP) is 1.98. The van der Waals surface area contributed by atoms with Gasteiger partial charge >= 0.3 is 0 Å². The molecular weight excluding hydrogens is 238 g/mol. The molecule has 1 heterocycles. The molecule has 1 rings (SSSR count). The molecule has 1 atom stereocenters. The van der Waals surface area contributed by atoms with Gasteiger partial charge in [0.2, 0.25) is 5.91 Å². The molecule has 5 heteroatoms. The smallest absolute Gasteiger partial charge is 0.222 e. The third-order valence-corrected chi connectivity index (χ3v) is 3.31. The fourth-order valence-corrected chi connectivity index (χ4v) is 2.07. The van der Waals surface area contributed by atoms with Gasteiger partial charge in [0.05, 0.1) is 25.9 Å². The monoisotopic (exact) mass is 257 g/mol. The van der Waals surface area contributed by atoms with Crippen LogP contribution in [0.5, 0.6) is 0 Å². The first kappa shape index (κ1) is 14.2. The Morgan fingerprint density at radius 1 is 1.47 bits per heavy atom. The molecule has 0 bridgehead atoms. The van der Waals surface area contributed by atoms with Gasteiger partial charge in [0.1, 0.15) is 0 Å². The molecule has 0 saturated heterocycles. The SMILES string of the molecule is COCCOCCC(=O)NC(C)c1cccs1. The lowest BCUT2D eigenvalue weighted by Crippen LogP contribution is -2.27. The minimum Gasteiger partial charge on any atom is -0.382 e. The van der Waals surface area contributed by atoms with Crippen LogP contribution in [0.15, 0.2) is 17.5 Å². The number of ether oxygens (including phenoxy) is 2. The summed E-state index contributed by atoms with van der Waals surface area (Å²) in [5.41, 5.74) is 0. The Bertz CT molecular complexity index is 314. The number of carbonyl (C=O) groups is 1. The Kier molecular flexibility index (Phi) is 6.84. The van der Waals surface area contributed by atoms with Crippen LogP contribution in [0.25, 0.3) is 0 Å². The van der Waals surface area contributed by atoms with Crippen molar-refractivity contribution in [2.24, 2.45) is 0 Å². The van der Waals surface area contributed by atoms with Crippen molar-refractivity contribution in [3.8, 4) is 0 Å². The fourth-order valence-electron chi connectivity index (χ4n) is 1.33. The van der Waals surface area contributed by atoms with Gasteiger partial charge in [0, 0.05) is 18.4 Å². The Morgan fingerprint density at radius 3 is 2.94 bits per heavy atom. The van der Waals surface area contributed by atoms with Gasteiger partial charge < -0.3 is 14.8 Å². The van der Waals surface area contributed by atoms with E-state index in [0.29, 0.717) is 26.2 Å². The van der Waals surface area contributed by atoms with Crippen LogP contribution in [0.2, 0.25) is 0 Å². The van der Waals surface area contributed by atoms with Gasteiger partial charge in [-0.05, 0) is 18.4 Å². The highest BCUT2D eigenvalue weighted by Crippen LogP contribution is 2.17. The van der Waals surface area contributed by atoms with Gasteiger partial charge in [-0.3, -0.25) is 4.79 Å². The van der Waals surface area contributed by atoms with E-state index in [9.17, 15) is 4.79 Å². The molecule has 0 aliphatic carbocycles. The van der Waals surface area contributed by atoms with E-state index >= 15 is 0 Å². The van der Waals surface area contributed by atoms with E-state index in [4.69, 9.17) is 9.47 Å². The normalized spacial score (nSPS) is 12.4. The molecule has 1 N–H and O–H groups in total. The van der Waals surface area contributed by atoms with Crippen LogP contribution < -0.4 is 5.32 Å². The molecule has 0 aliphatic heterocycles. The summed E-state index contributed by atoms with van der Waals surface area (Å²) in [5.74, 6) is 0.0170. The second-order valence-corrected chi connectivity index (χ2v) is 4.64. The molecule has 1 aromatic rings. The lowest BCUT2D eigenvalue weighted by atomic mass is 10.2. The summed E-state index contributed by atoms with van der Waals surface area (Å²) in [7, 11) is 1.62. The van der Waals surface area contributed by atoms with Crippen molar-refractivity contribution in [3.05, 3.63) is 22.4 Å². The molecule has 0 radical (unpaired) electrons. The van der Waals surface area contributed by atoms with E-state index in [0.717, 1.165) is 0 Å². The molecule has 17 heavy (non-hydrogen) atoms. The van der Waals surface area contributed by atoms with E-state index in [1.54, 1.807) is 18.4 Å². The summed E-state index contributed by atoms with van der Waals surface area (Å²) in [4.78, 5) is 12.7. The Morgan fingerprint density at radius 2 is 2.29 bits per heavy atom. The molecule has 0 saturated carbocycles. The van der Waals surface area contributed by atoms with Crippen molar-refractivity contribution < 1.29 is 14.3 Å². The molecule has 0 fully saturated rings. The lowest BCUT2D eigenvalue weighted by Gasteiger charge is -2.12. The number of nitrogens with one attached hydrogen (secondary N) is 1. The van der Waals surface area contributed by atoms with E-state index < -0.39 is 0 Å². The fraction of sp³-hybridized carbons (Fsp3) is 0.583. The summed E-state index contributed by atoms with van der Waals surface area (Å²) in [6.07, 6.45) is 0.388. The predicted molar refractivity (Wildman–Crippen MR) is 68.2 cm³/mol. The number of thiophene rings is 1. The van der Waals surface area contributed by atoms with Crippen molar-refractivity contribution in [2.45, 2.75) is 19.4 Å².